The number of rotatable bonds is 4. The lowest BCUT2D eigenvalue weighted by Gasteiger charge is -2.24. The summed E-state index contributed by atoms with van der Waals surface area (Å²) in [6.07, 6.45) is 1.40. The normalized spacial score (nSPS) is 14.7. The molecule has 0 saturated heterocycles. The fourth-order valence-corrected chi connectivity index (χ4v) is 1.78. The third kappa shape index (κ3) is 2.89. The van der Waals surface area contributed by atoms with Gasteiger partial charge in [0.2, 0.25) is 0 Å². The molecular weight excluding hydrogens is 254 g/mol. The van der Waals surface area contributed by atoms with Crippen LogP contribution in [0, 0.1) is 12.3 Å². The van der Waals surface area contributed by atoms with E-state index in [0.717, 1.165) is 10.9 Å². The van der Waals surface area contributed by atoms with Gasteiger partial charge in [0, 0.05) is 10.2 Å². The van der Waals surface area contributed by atoms with Crippen molar-refractivity contribution in [1.29, 1.82) is 5.41 Å². The Balaban J connectivity index is 2.99. The highest BCUT2D eigenvalue weighted by Gasteiger charge is 2.28. The molecule has 1 rings (SSSR count). The molecule has 2 N–H and O–H groups in total. The van der Waals surface area contributed by atoms with Crippen molar-refractivity contribution in [3.63, 3.8) is 0 Å². The average molecular weight is 269 g/mol. The summed E-state index contributed by atoms with van der Waals surface area (Å²) in [4.78, 5) is 0. The number of hydrogen-bond acceptors (Lipinski definition) is 2. The SMILES string of the molecule is [CH2]C(O)(C(=N)CCC)c1cccc(Br)c1. The Labute approximate surface area is 99.0 Å². The van der Waals surface area contributed by atoms with Gasteiger partial charge in [-0.1, -0.05) is 41.4 Å². The maximum Gasteiger partial charge on any atom is 0.127 e. The van der Waals surface area contributed by atoms with E-state index in [4.69, 9.17) is 5.41 Å². The summed E-state index contributed by atoms with van der Waals surface area (Å²) in [5.74, 6) is 0. The zero-order chi connectivity index (χ0) is 11.5. The van der Waals surface area contributed by atoms with Gasteiger partial charge in [0.15, 0.2) is 0 Å². The van der Waals surface area contributed by atoms with Crippen LogP contribution in [-0.2, 0) is 5.60 Å². The van der Waals surface area contributed by atoms with Gasteiger partial charge in [-0.05, 0) is 31.0 Å². The molecule has 0 saturated carbocycles. The van der Waals surface area contributed by atoms with Crippen molar-refractivity contribution in [3.8, 4) is 0 Å². The fourth-order valence-electron chi connectivity index (χ4n) is 1.38. The molecule has 3 heteroatoms. The minimum atomic E-state index is -1.40. The van der Waals surface area contributed by atoms with Crippen LogP contribution in [0.15, 0.2) is 28.7 Å². The van der Waals surface area contributed by atoms with Gasteiger partial charge in [-0.2, -0.15) is 0 Å². The van der Waals surface area contributed by atoms with E-state index in [0.29, 0.717) is 12.0 Å². The predicted octanol–water partition coefficient (Wildman–Crippen LogP) is 3.29. The number of benzene rings is 1. The van der Waals surface area contributed by atoms with Crippen LogP contribution >= 0.6 is 15.9 Å². The Morgan fingerprint density at radius 3 is 2.80 bits per heavy atom. The van der Waals surface area contributed by atoms with Crippen LogP contribution in [0.4, 0.5) is 0 Å². The average Bonchev–Trinajstić information content (AvgIpc) is 2.18. The number of nitrogens with one attached hydrogen (secondary N) is 1. The van der Waals surface area contributed by atoms with Gasteiger partial charge in [0.1, 0.15) is 5.60 Å². The molecule has 0 spiro atoms. The maximum absolute atomic E-state index is 10.2. The van der Waals surface area contributed by atoms with Crippen molar-refractivity contribution in [2.24, 2.45) is 0 Å². The molecule has 0 bridgehead atoms. The Morgan fingerprint density at radius 2 is 2.27 bits per heavy atom. The molecule has 81 valence electrons. The summed E-state index contributed by atoms with van der Waals surface area (Å²) in [6.45, 7) is 5.69. The standard InChI is InChI=1S/C12H15BrNO/c1-3-5-11(14)12(2,15)9-6-4-7-10(13)8-9/h4,6-8,14-15H,2-3,5H2,1H3. The van der Waals surface area contributed by atoms with Gasteiger partial charge < -0.3 is 10.5 Å². The first kappa shape index (κ1) is 12.4. The second-order valence-electron chi connectivity index (χ2n) is 3.60. The summed E-state index contributed by atoms with van der Waals surface area (Å²) >= 11 is 3.33. The third-order valence-electron chi connectivity index (χ3n) is 2.30. The zero-order valence-electron chi connectivity index (χ0n) is 8.76. The van der Waals surface area contributed by atoms with Crippen molar-refractivity contribution < 1.29 is 5.11 Å². The maximum atomic E-state index is 10.2. The highest BCUT2D eigenvalue weighted by molar-refractivity contribution is 9.10. The molecule has 0 aliphatic heterocycles. The molecule has 1 radical (unpaired) electrons. The summed E-state index contributed by atoms with van der Waals surface area (Å²) in [7, 11) is 0. The van der Waals surface area contributed by atoms with Crippen molar-refractivity contribution in [3.05, 3.63) is 41.2 Å². The van der Waals surface area contributed by atoms with Gasteiger partial charge >= 0.3 is 0 Å². The van der Waals surface area contributed by atoms with Gasteiger partial charge in [-0.25, -0.2) is 0 Å². The molecular formula is C12H15BrNO. The summed E-state index contributed by atoms with van der Waals surface area (Å²) in [6, 6.07) is 7.27. The molecule has 2 nitrogen and oxygen atoms in total. The Hall–Kier alpha value is -0.670. The monoisotopic (exact) mass is 268 g/mol. The quantitative estimate of drug-likeness (QED) is 0.809. The van der Waals surface area contributed by atoms with Crippen LogP contribution in [0.25, 0.3) is 0 Å². The first-order valence-electron chi connectivity index (χ1n) is 4.90. The summed E-state index contributed by atoms with van der Waals surface area (Å²) in [5.41, 5.74) is -0.502. The number of halogens is 1. The van der Waals surface area contributed by atoms with E-state index in [1.165, 1.54) is 0 Å². The van der Waals surface area contributed by atoms with E-state index in [1.54, 1.807) is 12.1 Å². The van der Waals surface area contributed by atoms with Crippen molar-refractivity contribution in [2.75, 3.05) is 0 Å². The first-order valence-corrected chi connectivity index (χ1v) is 5.69. The first-order chi connectivity index (χ1) is 6.98. The highest BCUT2D eigenvalue weighted by atomic mass is 79.9. The second-order valence-corrected chi connectivity index (χ2v) is 4.51. The van der Waals surface area contributed by atoms with Crippen LogP contribution < -0.4 is 0 Å². The Kier molecular flexibility index (Phi) is 4.05. The van der Waals surface area contributed by atoms with Crippen LogP contribution in [0.2, 0.25) is 0 Å². The van der Waals surface area contributed by atoms with Gasteiger partial charge in [-0.15, -0.1) is 0 Å². The third-order valence-corrected chi connectivity index (χ3v) is 2.79. The van der Waals surface area contributed by atoms with Crippen molar-refractivity contribution in [1.82, 2.24) is 0 Å². The molecule has 0 aliphatic rings. The number of aliphatic hydroxyl groups is 1. The van der Waals surface area contributed by atoms with Gasteiger partial charge in [0.25, 0.3) is 0 Å². The molecule has 1 aromatic rings. The largest absolute Gasteiger partial charge is 0.379 e. The van der Waals surface area contributed by atoms with Crippen LogP contribution in [0.1, 0.15) is 25.3 Å². The van der Waals surface area contributed by atoms with Crippen LogP contribution in [-0.4, -0.2) is 10.8 Å². The molecule has 15 heavy (non-hydrogen) atoms. The summed E-state index contributed by atoms with van der Waals surface area (Å²) in [5, 5.41) is 17.9. The highest BCUT2D eigenvalue weighted by Crippen LogP contribution is 2.25. The molecule has 1 atom stereocenters. The van der Waals surface area contributed by atoms with Crippen molar-refractivity contribution in [2.45, 2.75) is 25.4 Å². The van der Waals surface area contributed by atoms with Crippen LogP contribution in [0.3, 0.4) is 0 Å². The molecule has 0 aliphatic carbocycles. The van der Waals surface area contributed by atoms with E-state index in [1.807, 2.05) is 19.1 Å². The minimum absolute atomic E-state index is 0.253. The van der Waals surface area contributed by atoms with E-state index < -0.39 is 5.60 Å². The smallest absolute Gasteiger partial charge is 0.127 e. The lowest BCUT2D eigenvalue weighted by molar-refractivity contribution is 0.158. The lowest BCUT2D eigenvalue weighted by atomic mass is 9.89. The minimum Gasteiger partial charge on any atom is -0.379 e. The molecule has 0 heterocycles. The van der Waals surface area contributed by atoms with E-state index in [9.17, 15) is 5.11 Å². The topological polar surface area (TPSA) is 44.1 Å². The zero-order valence-corrected chi connectivity index (χ0v) is 10.3. The van der Waals surface area contributed by atoms with E-state index in [2.05, 4.69) is 22.9 Å². The van der Waals surface area contributed by atoms with Gasteiger partial charge in [0.05, 0.1) is 0 Å². The predicted molar refractivity (Wildman–Crippen MR) is 66.0 cm³/mol. The van der Waals surface area contributed by atoms with E-state index in [-0.39, 0.29) is 5.71 Å². The molecule has 0 aromatic heterocycles. The van der Waals surface area contributed by atoms with E-state index >= 15 is 0 Å². The second kappa shape index (κ2) is 4.90. The number of hydrogen-bond donors (Lipinski definition) is 2. The lowest BCUT2D eigenvalue weighted by Crippen LogP contribution is -2.31. The van der Waals surface area contributed by atoms with Crippen LogP contribution in [0.5, 0.6) is 0 Å². The summed E-state index contributed by atoms with van der Waals surface area (Å²) < 4.78 is 0.881. The Bertz CT molecular complexity index is 360. The Morgan fingerprint density at radius 1 is 1.60 bits per heavy atom. The molecule has 0 amide bonds. The molecule has 1 aromatic carbocycles. The molecule has 0 fully saturated rings. The molecule has 1 unspecified atom stereocenters. The fraction of sp³-hybridized carbons (Fsp3) is 0.333. The van der Waals surface area contributed by atoms with Crippen molar-refractivity contribution >= 4 is 21.6 Å². The van der Waals surface area contributed by atoms with Gasteiger partial charge in [-0.3, -0.25) is 0 Å².